The molecule has 38 heavy (non-hydrogen) atoms. The van der Waals surface area contributed by atoms with Crippen molar-refractivity contribution in [1.82, 2.24) is 14.7 Å². The lowest BCUT2D eigenvalue weighted by Gasteiger charge is -2.39. The minimum absolute atomic E-state index is 0.0518. The van der Waals surface area contributed by atoms with Gasteiger partial charge in [0.15, 0.2) is 0 Å². The summed E-state index contributed by atoms with van der Waals surface area (Å²) in [6, 6.07) is 8.16. The quantitative estimate of drug-likeness (QED) is 0.451. The first-order chi connectivity index (χ1) is 18.1. The summed E-state index contributed by atoms with van der Waals surface area (Å²) in [4.78, 5) is 47.4. The van der Waals surface area contributed by atoms with Crippen LogP contribution >= 0.6 is 0 Å². The van der Waals surface area contributed by atoms with Gasteiger partial charge in [0, 0.05) is 26.7 Å². The molecule has 1 aromatic rings. The highest BCUT2D eigenvalue weighted by Crippen LogP contribution is 2.65. The minimum Gasteiger partial charge on any atom is -0.394 e. The van der Waals surface area contributed by atoms with Crippen molar-refractivity contribution in [3.8, 4) is 0 Å². The SMILES string of the molecule is C=CCN(C)C(=O)[C@H]1[C@H]2C(=O)N([C@@H](CC)CO)C(C(=O)N(CC=C)Cc3ccccc3)C23CC(C)[C@]1(C)O3. The van der Waals surface area contributed by atoms with E-state index in [0.29, 0.717) is 32.5 Å². The van der Waals surface area contributed by atoms with Crippen LogP contribution in [0.3, 0.4) is 0 Å². The van der Waals surface area contributed by atoms with Gasteiger partial charge in [-0.05, 0) is 31.2 Å². The molecule has 3 fully saturated rings. The number of carbonyl (C=O) groups excluding carboxylic acids is 3. The van der Waals surface area contributed by atoms with Crippen molar-refractivity contribution in [3.63, 3.8) is 0 Å². The predicted molar refractivity (Wildman–Crippen MR) is 145 cm³/mol. The van der Waals surface area contributed by atoms with Gasteiger partial charge in [-0.2, -0.15) is 0 Å². The maximum absolute atomic E-state index is 14.5. The lowest BCUT2D eigenvalue weighted by molar-refractivity contribution is -0.157. The second-order valence-corrected chi connectivity index (χ2v) is 11.2. The van der Waals surface area contributed by atoms with Gasteiger partial charge >= 0.3 is 0 Å². The van der Waals surface area contributed by atoms with Crippen molar-refractivity contribution in [1.29, 1.82) is 0 Å². The van der Waals surface area contributed by atoms with Crippen LogP contribution in [0, 0.1) is 17.8 Å². The number of rotatable bonds is 11. The molecular formula is C30H41N3O5. The summed E-state index contributed by atoms with van der Waals surface area (Å²) in [6.45, 7) is 14.1. The number of amides is 3. The normalized spacial score (nSPS) is 32.1. The molecule has 0 aromatic heterocycles. The van der Waals surface area contributed by atoms with Crippen molar-refractivity contribution >= 4 is 17.7 Å². The number of ether oxygens (including phenoxy) is 1. The van der Waals surface area contributed by atoms with Gasteiger partial charge in [0.25, 0.3) is 0 Å². The summed E-state index contributed by atoms with van der Waals surface area (Å²) in [5.74, 6) is -2.31. The van der Waals surface area contributed by atoms with E-state index in [0.717, 1.165) is 5.56 Å². The number of likely N-dealkylation sites (tertiary alicyclic amines) is 1. The van der Waals surface area contributed by atoms with E-state index in [1.54, 1.807) is 33.9 Å². The van der Waals surface area contributed by atoms with Gasteiger partial charge in [0.1, 0.15) is 11.6 Å². The predicted octanol–water partition coefficient (Wildman–Crippen LogP) is 2.63. The van der Waals surface area contributed by atoms with E-state index in [2.05, 4.69) is 13.2 Å². The van der Waals surface area contributed by atoms with Crippen LogP contribution in [-0.2, 0) is 25.7 Å². The minimum atomic E-state index is -1.16. The molecule has 1 spiro atoms. The highest BCUT2D eigenvalue weighted by Gasteiger charge is 2.80. The summed E-state index contributed by atoms with van der Waals surface area (Å²) >= 11 is 0. The number of carbonyl (C=O) groups is 3. The summed E-state index contributed by atoms with van der Waals surface area (Å²) in [7, 11) is 1.70. The zero-order chi connectivity index (χ0) is 27.8. The van der Waals surface area contributed by atoms with Crippen molar-refractivity contribution < 1.29 is 24.2 Å². The zero-order valence-corrected chi connectivity index (χ0v) is 23.0. The Morgan fingerprint density at radius 3 is 2.45 bits per heavy atom. The molecule has 0 radical (unpaired) electrons. The first-order valence-corrected chi connectivity index (χ1v) is 13.5. The van der Waals surface area contributed by atoms with E-state index >= 15 is 0 Å². The Morgan fingerprint density at radius 2 is 1.87 bits per heavy atom. The second kappa shape index (κ2) is 10.7. The Kier molecular flexibility index (Phi) is 7.86. The zero-order valence-electron chi connectivity index (χ0n) is 23.0. The number of nitrogens with zero attached hydrogens (tertiary/aromatic N) is 3. The van der Waals surface area contributed by atoms with Gasteiger partial charge < -0.3 is 24.5 Å². The third-order valence-corrected chi connectivity index (χ3v) is 8.98. The number of likely N-dealkylation sites (N-methyl/N-ethyl adjacent to an activating group) is 1. The molecule has 4 rings (SSSR count). The third kappa shape index (κ3) is 4.18. The van der Waals surface area contributed by atoms with Crippen molar-refractivity contribution in [3.05, 3.63) is 61.2 Å². The van der Waals surface area contributed by atoms with Crippen LogP contribution in [0.5, 0.6) is 0 Å². The Labute approximate surface area is 225 Å². The molecule has 3 aliphatic rings. The number of hydrogen-bond donors (Lipinski definition) is 1. The van der Waals surface area contributed by atoms with E-state index in [4.69, 9.17) is 4.74 Å². The fourth-order valence-electron chi connectivity index (χ4n) is 7.03. The Bertz CT molecular complexity index is 1090. The molecule has 3 heterocycles. The molecule has 3 saturated heterocycles. The van der Waals surface area contributed by atoms with Crippen LogP contribution in [0.25, 0.3) is 0 Å². The topological polar surface area (TPSA) is 90.4 Å². The molecule has 0 aliphatic carbocycles. The maximum Gasteiger partial charge on any atom is 0.249 e. The van der Waals surface area contributed by atoms with Crippen LogP contribution in [0.4, 0.5) is 0 Å². The number of hydrogen-bond acceptors (Lipinski definition) is 5. The molecule has 2 bridgehead atoms. The van der Waals surface area contributed by atoms with E-state index in [1.807, 2.05) is 51.1 Å². The summed E-state index contributed by atoms with van der Waals surface area (Å²) < 4.78 is 6.81. The van der Waals surface area contributed by atoms with Gasteiger partial charge in [-0.25, -0.2) is 0 Å². The van der Waals surface area contributed by atoms with Gasteiger partial charge in [-0.1, -0.05) is 56.3 Å². The Morgan fingerprint density at radius 1 is 1.21 bits per heavy atom. The molecule has 1 N–H and O–H groups in total. The summed E-state index contributed by atoms with van der Waals surface area (Å²) in [6.07, 6.45) is 4.28. The monoisotopic (exact) mass is 523 g/mol. The molecule has 8 heteroatoms. The molecular weight excluding hydrogens is 482 g/mol. The standard InChI is InChI=1S/C30H41N3O5/c1-7-15-31(6)26(35)23-24-27(36)33(22(9-3)19-34)25(30(24)17-20(4)29(23,5)38-30)28(37)32(16-8-2)18-21-13-11-10-12-14-21/h7-8,10-14,20,22-25,34H,1-2,9,15-19H2,3-6H3/t20?,22-,23+,24-,25?,29-,30?/m0/s1. The number of aliphatic hydroxyl groups excluding tert-OH is 1. The van der Waals surface area contributed by atoms with Crippen LogP contribution in [-0.4, -0.2) is 87.6 Å². The second-order valence-electron chi connectivity index (χ2n) is 11.2. The van der Waals surface area contributed by atoms with Gasteiger partial charge in [0.05, 0.1) is 30.1 Å². The average Bonchev–Trinajstić information content (AvgIpc) is 3.41. The van der Waals surface area contributed by atoms with E-state index < -0.39 is 35.1 Å². The van der Waals surface area contributed by atoms with Gasteiger partial charge in [-0.3, -0.25) is 14.4 Å². The van der Waals surface area contributed by atoms with Crippen molar-refractivity contribution in [2.75, 3.05) is 26.7 Å². The molecule has 3 unspecified atom stereocenters. The van der Waals surface area contributed by atoms with Crippen molar-refractivity contribution in [2.24, 2.45) is 17.8 Å². The highest BCUT2D eigenvalue weighted by atomic mass is 16.5. The van der Waals surface area contributed by atoms with E-state index in [1.165, 1.54) is 0 Å². The lowest BCUT2D eigenvalue weighted by atomic mass is 9.62. The van der Waals surface area contributed by atoms with Crippen molar-refractivity contribution in [2.45, 2.75) is 63.4 Å². The van der Waals surface area contributed by atoms with E-state index in [9.17, 15) is 19.5 Å². The number of fused-ring (bicyclic) bond motifs is 1. The fraction of sp³-hybridized carbons (Fsp3) is 0.567. The van der Waals surface area contributed by atoms with Crippen LogP contribution < -0.4 is 0 Å². The molecule has 0 saturated carbocycles. The lowest BCUT2D eigenvalue weighted by Crippen LogP contribution is -2.58. The molecule has 7 atom stereocenters. The average molecular weight is 524 g/mol. The summed E-state index contributed by atoms with van der Waals surface area (Å²) in [5.41, 5.74) is -1.09. The first kappa shape index (κ1) is 28.0. The smallest absolute Gasteiger partial charge is 0.249 e. The van der Waals surface area contributed by atoms with Crippen LogP contribution in [0.2, 0.25) is 0 Å². The molecule has 3 aliphatic heterocycles. The van der Waals surface area contributed by atoms with Gasteiger partial charge in [0.2, 0.25) is 17.7 Å². The Balaban J connectivity index is 1.82. The fourth-order valence-corrected chi connectivity index (χ4v) is 7.03. The molecule has 1 aromatic carbocycles. The molecule has 3 amide bonds. The van der Waals surface area contributed by atoms with Crippen LogP contribution in [0.15, 0.2) is 55.6 Å². The third-order valence-electron chi connectivity index (χ3n) is 8.98. The maximum atomic E-state index is 14.5. The summed E-state index contributed by atoms with van der Waals surface area (Å²) in [5, 5.41) is 10.3. The first-order valence-electron chi connectivity index (χ1n) is 13.5. The van der Waals surface area contributed by atoms with E-state index in [-0.39, 0.29) is 30.2 Å². The molecule has 8 nitrogen and oxygen atoms in total. The largest absolute Gasteiger partial charge is 0.394 e. The Hall–Kier alpha value is -2.97. The molecule has 206 valence electrons. The van der Waals surface area contributed by atoms with Crippen LogP contribution in [0.1, 0.15) is 39.2 Å². The number of aliphatic hydroxyl groups is 1. The highest BCUT2D eigenvalue weighted by molar-refractivity contribution is 5.99. The number of benzene rings is 1. The van der Waals surface area contributed by atoms with Gasteiger partial charge in [-0.15, -0.1) is 13.2 Å².